The van der Waals surface area contributed by atoms with Gasteiger partial charge in [0.1, 0.15) is 10.6 Å². The first-order chi connectivity index (χ1) is 6.75. The maximum atomic E-state index is 12.4. The van der Waals surface area contributed by atoms with Gasteiger partial charge in [0.05, 0.1) is 16.4 Å². The van der Waals surface area contributed by atoms with Gasteiger partial charge in [-0.2, -0.15) is 0 Å². The van der Waals surface area contributed by atoms with E-state index >= 15 is 0 Å². The minimum Gasteiger partial charge on any atom is -0.396 e. The van der Waals surface area contributed by atoms with Crippen LogP contribution < -0.4 is 5.73 Å². The molecular weight excluding hydrogens is 317 g/mol. The van der Waals surface area contributed by atoms with E-state index < -0.39 is 30.5 Å². The van der Waals surface area contributed by atoms with Crippen LogP contribution in [0.25, 0.3) is 0 Å². The smallest absolute Gasteiger partial charge is 0.281 e. The Balaban J connectivity index is 3.59. The first-order valence-corrected chi connectivity index (χ1v) is 6.52. The summed E-state index contributed by atoms with van der Waals surface area (Å²) in [4.78, 5) is 2.72. The first kappa shape index (κ1) is 12.6. The molecule has 0 amide bonds. The van der Waals surface area contributed by atoms with Gasteiger partial charge in [-0.05, 0) is 15.9 Å². The zero-order valence-electron chi connectivity index (χ0n) is 6.92. The molecule has 0 aliphatic carbocycles. The zero-order chi connectivity index (χ0) is 11.8. The molecule has 0 saturated heterocycles. The molecule has 0 unspecified atom stereocenters. The Kier molecular flexibility index (Phi) is 3.51. The van der Waals surface area contributed by atoms with E-state index in [4.69, 9.17) is 16.4 Å². The average Bonchev–Trinajstić information content (AvgIpc) is 2.00. The third-order valence-corrected chi connectivity index (χ3v) is 3.94. The molecule has 0 aromatic carbocycles. The van der Waals surface area contributed by atoms with Crippen LogP contribution in [0.15, 0.2) is 15.6 Å². The summed E-state index contributed by atoms with van der Waals surface area (Å²) in [5, 5.41) is 0. The van der Waals surface area contributed by atoms with Crippen molar-refractivity contribution in [3.63, 3.8) is 0 Å². The molecular formula is C6H4BrClF2N2O2S. The van der Waals surface area contributed by atoms with Crippen LogP contribution in [0, 0.1) is 0 Å². The van der Waals surface area contributed by atoms with E-state index in [-0.39, 0.29) is 5.69 Å². The molecule has 1 heterocycles. The lowest BCUT2D eigenvalue weighted by Crippen LogP contribution is -2.04. The predicted molar refractivity (Wildman–Crippen MR) is 54.3 cm³/mol. The number of nitrogen functional groups attached to an aromatic ring is 1. The van der Waals surface area contributed by atoms with Crippen LogP contribution in [0.1, 0.15) is 12.1 Å². The SMILES string of the molecule is Nc1cnc(C(F)F)c(Br)c1S(=O)(=O)Cl. The quantitative estimate of drug-likeness (QED) is 0.848. The highest BCUT2D eigenvalue weighted by molar-refractivity contribution is 9.10. The lowest BCUT2D eigenvalue weighted by molar-refractivity contribution is 0.145. The molecule has 0 radical (unpaired) electrons. The largest absolute Gasteiger partial charge is 0.396 e. The first-order valence-electron chi connectivity index (χ1n) is 3.42. The van der Waals surface area contributed by atoms with Gasteiger partial charge < -0.3 is 5.73 Å². The van der Waals surface area contributed by atoms with Gasteiger partial charge in [-0.3, -0.25) is 4.98 Å². The van der Waals surface area contributed by atoms with Gasteiger partial charge in [0.2, 0.25) is 0 Å². The Morgan fingerprint density at radius 1 is 1.53 bits per heavy atom. The van der Waals surface area contributed by atoms with Gasteiger partial charge in [-0.1, -0.05) is 0 Å². The zero-order valence-corrected chi connectivity index (χ0v) is 10.1. The Bertz CT molecular complexity index is 494. The van der Waals surface area contributed by atoms with Gasteiger partial charge in [0, 0.05) is 10.7 Å². The van der Waals surface area contributed by atoms with Crippen molar-refractivity contribution < 1.29 is 17.2 Å². The summed E-state index contributed by atoms with van der Waals surface area (Å²) in [7, 11) is 0.842. The van der Waals surface area contributed by atoms with Crippen molar-refractivity contribution in [3.05, 3.63) is 16.4 Å². The molecule has 2 N–H and O–H groups in total. The lowest BCUT2D eigenvalue weighted by Gasteiger charge is -2.08. The van der Waals surface area contributed by atoms with Crippen LogP contribution >= 0.6 is 26.6 Å². The molecule has 15 heavy (non-hydrogen) atoms. The summed E-state index contributed by atoms with van der Waals surface area (Å²) in [5.74, 6) is 0. The van der Waals surface area contributed by atoms with Crippen molar-refractivity contribution in [1.82, 2.24) is 4.98 Å². The lowest BCUT2D eigenvalue weighted by atomic mass is 10.3. The maximum Gasteiger partial charge on any atom is 0.281 e. The molecule has 0 atom stereocenters. The molecule has 1 aromatic heterocycles. The summed E-state index contributed by atoms with van der Waals surface area (Å²) >= 11 is 2.68. The minimum absolute atomic E-state index is 0.290. The number of hydrogen-bond donors (Lipinski definition) is 1. The van der Waals surface area contributed by atoms with Crippen molar-refractivity contribution in [3.8, 4) is 0 Å². The second-order valence-electron chi connectivity index (χ2n) is 2.48. The normalized spacial score (nSPS) is 12.1. The number of nitrogens with two attached hydrogens (primary N) is 1. The Hall–Kier alpha value is -0.470. The molecule has 0 spiro atoms. The second-order valence-corrected chi connectivity index (χ2v) is 5.78. The van der Waals surface area contributed by atoms with Gasteiger partial charge >= 0.3 is 0 Å². The molecule has 4 nitrogen and oxygen atoms in total. The molecule has 0 aliphatic heterocycles. The highest BCUT2D eigenvalue weighted by Crippen LogP contribution is 2.35. The molecule has 0 bridgehead atoms. The molecule has 84 valence electrons. The van der Waals surface area contributed by atoms with Crippen molar-refractivity contribution in [2.75, 3.05) is 5.73 Å². The summed E-state index contributed by atoms with van der Waals surface area (Å²) in [6, 6.07) is 0. The average molecular weight is 322 g/mol. The minimum atomic E-state index is -4.19. The number of hydrogen-bond acceptors (Lipinski definition) is 4. The monoisotopic (exact) mass is 320 g/mol. The highest BCUT2D eigenvalue weighted by atomic mass is 79.9. The summed E-state index contributed by atoms with van der Waals surface area (Å²) in [6.07, 6.45) is -2.10. The summed E-state index contributed by atoms with van der Waals surface area (Å²) in [6.45, 7) is 0. The van der Waals surface area contributed by atoms with Crippen LogP contribution in [0.2, 0.25) is 0 Å². The fraction of sp³-hybridized carbons (Fsp3) is 0.167. The van der Waals surface area contributed by atoms with Crippen LogP contribution in [-0.2, 0) is 9.05 Å². The van der Waals surface area contributed by atoms with Crippen molar-refractivity contribution in [2.45, 2.75) is 11.3 Å². The Morgan fingerprint density at radius 3 is 2.47 bits per heavy atom. The number of pyridine rings is 1. The molecule has 1 aromatic rings. The predicted octanol–water partition coefficient (Wildman–Crippen LogP) is 2.29. The van der Waals surface area contributed by atoms with Gasteiger partial charge in [-0.25, -0.2) is 17.2 Å². The van der Waals surface area contributed by atoms with E-state index in [1.807, 2.05) is 0 Å². The fourth-order valence-electron chi connectivity index (χ4n) is 0.897. The fourth-order valence-corrected chi connectivity index (χ4v) is 3.47. The molecule has 0 fully saturated rings. The van der Waals surface area contributed by atoms with E-state index in [0.717, 1.165) is 6.20 Å². The number of nitrogens with zero attached hydrogens (tertiary/aromatic N) is 1. The Labute approximate surface area is 97.0 Å². The number of halogens is 4. The number of anilines is 1. The van der Waals surface area contributed by atoms with Gasteiger partial charge in [0.15, 0.2) is 0 Å². The van der Waals surface area contributed by atoms with Crippen LogP contribution in [-0.4, -0.2) is 13.4 Å². The van der Waals surface area contributed by atoms with E-state index in [2.05, 4.69) is 20.9 Å². The van der Waals surface area contributed by atoms with E-state index in [0.29, 0.717) is 0 Å². The molecule has 0 aliphatic rings. The van der Waals surface area contributed by atoms with Crippen molar-refractivity contribution in [1.29, 1.82) is 0 Å². The van der Waals surface area contributed by atoms with Crippen molar-refractivity contribution >= 4 is 41.4 Å². The molecule has 0 saturated carbocycles. The second kappa shape index (κ2) is 4.18. The standard InChI is InChI=1S/C6H4BrClF2N2O2S/c7-3-4(6(9)10)12-1-2(11)5(3)15(8,13)14/h1,6H,11H2. The van der Waals surface area contributed by atoms with Gasteiger partial charge in [0.25, 0.3) is 15.5 Å². The van der Waals surface area contributed by atoms with Crippen LogP contribution in [0.5, 0.6) is 0 Å². The molecule has 1 rings (SSSR count). The summed E-state index contributed by atoms with van der Waals surface area (Å²) in [5.41, 5.74) is 4.27. The third-order valence-electron chi connectivity index (χ3n) is 1.48. The topological polar surface area (TPSA) is 73.0 Å². The van der Waals surface area contributed by atoms with E-state index in [1.54, 1.807) is 0 Å². The van der Waals surface area contributed by atoms with Gasteiger partial charge in [-0.15, -0.1) is 0 Å². The number of rotatable bonds is 2. The van der Waals surface area contributed by atoms with Crippen LogP contribution in [0.3, 0.4) is 0 Å². The number of alkyl halides is 2. The van der Waals surface area contributed by atoms with Crippen molar-refractivity contribution in [2.24, 2.45) is 0 Å². The molecule has 9 heteroatoms. The third kappa shape index (κ3) is 2.56. The summed E-state index contributed by atoms with van der Waals surface area (Å²) < 4.78 is 46.4. The maximum absolute atomic E-state index is 12.4. The van der Waals surface area contributed by atoms with E-state index in [1.165, 1.54) is 0 Å². The van der Waals surface area contributed by atoms with E-state index in [9.17, 15) is 17.2 Å². The number of aromatic nitrogens is 1. The van der Waals surface area contributed by atoms with Crippen LogP contribution in [0.4, 0.5) is 14.5 Å². The Morgan fingerprint density at radius 2 is 2.07 bits per heavy atom. The highest BCUT2D eigenvalue weighted by Gasteiger charge is 2.25.